The van der Waals surface area contributed by atoms with Crippen molar-refractivity contribution in [1.82, 2.24) is 0 Å². The van der Waals surface area contributed by atoms with Crippen LogP contribution in [0.4, 0.5) is 5.69 Å². The second-order valence-corrected chi connectivity index (χ2v) is 6.70. The maximum Gasteiger partial charge on any atom is 0.340 e. The summed E-state index contributed by atoms with van der Waals surface area (Å²) in [5, 5.41) is 3.57. The molecule has 1 aromatic rings. The molecule has 0 saturated heterocycles. The fraction of sp³-hybridized carbons (Fsp3) is 0.611. The smallest absolute Gasteiger partial charge is 0.340 e. The lowest BCUT2D eigenvalue weighted by Crippen LogP contribution is -2.21. The van der Waals surface area contributed by atoms with Gasteiger partial charge in [0.2, 0.25) is 0 Å². The van der Waals surface area contributed by atoms with Crippen LogP contribution in [0, 0.1) is 5.41 Å². The summed E-state index contributed by atoms with van der Waals surface area (Å²) >= 11 is 0. The number of nitrogens with one attached hydrogen (secondary N) is 1. The highest BCUT2D eigenvalue weighted by molar-refractivity contribution is 5.95. The van der Waals surface area contributed by atoms with Gasteiger partial charge in [-0.1, -0.05) is 32.4 Å². The Morgan fingerprint density at radius 3 is 2.81 bits per heavy atom. The van der Waals surface area contributed by atoms with E-state index in [1.807, 2.05) is 31.2 Å². The second kappa shape index (κ2) is 6.97. The third kappa shape index (κ3) is 4.48. The van der Waals surface area contributed by atoms with Gasteiger partial charge in [0.25, 0.3) is 0 Å². The van der Waals surface area contributed by atoms with Gasteiger partial charge in [0.05, 0.1) is 12.2 Å². The Morgan fingerprint density at radius 2 is 2.05 bits per heavy atom. The molecule has 1 aromatic carbocycles. The van der Waals surface area contributed by atoms with E-state index in [2.05, 4.69) is 19.2 Å². The average Bonchev–Trinajstić information content (AvgIpc) is 2.61. The minimum atomic E-state index is -0.241. The van der Waals surface area contributed by atoms with E-state index in [9.17, 15) is 4.79 Å². The normalized spacial score (nSPS) is 21.4. The van der Waals surface area contributed by atoms with Crippen LogP contribution in [0.25, 0.3) is 0 Å². The summed E-state index contributed by atoms with van der Waals surface area (Å²) in [7, 11) is 0. The third-order valence-corrected chi connectivity index (χ3v) is 4.36. The average molecular weight is 289 g/mol. The lowest BCUT2D eigenvalue weighted by atomic mass is 9.85. The molecule has 0 spiro atoms. The molecule has 0 aromatic heterocycles. The van der Waals surface area contributed by atoms with Crippen molar-refractivity contribution < 1.29 is 9.53 Å². The van der Waals surface area contributed by atoms with Gasteiger partial charge in [-0.05, 0) is 50.2 Å². The Labute approximate surface area is 128 Å². The molecule has 1 atom stereocenters. The van der Waals surface area contributed by atoms with Crippen LogP contribution >= 0.6 is 0 Å². The Bertz CT molecular complexity index is 482. The SMILES string of the molecule is CCOC(=O)c1ccccc1NC1CCCC(C)(C)CC1. The van der Waals surface area contributed by atoms with Crippen molar-refractivity contribution in [2.24, 2.45) is 5.41 Å². The number of ether oxygens (including phenoxy) is 1. The van der Waals surface area contributed by atoms with Gasteiger partial charge in [-0.25, -0.2) is 4.79 Å². The summed E-state index contributed by atoms with van der Waals surface area (Å²) in [6.07, 6.45) is 6.08. The van der Waals surface area contributed by atoms with Crippen LogP contribution in [-0.2, 0) is 4.74 Å². The number of rotatable bonds is 4. The van der Waals surface area contributed by atoms with Crippen molar-refractivity contribution >= 4 is 11.7 Å². The van der Waals surface area contributed by atoms with Crippen LogP contribution in [0.2, 0.25) is 0 Å². The van der Waals surface area contributed by atoms with Crippen molar-refractivity contribution in [2.75, 3.05) is 11.9 Å². The zero-order valence-electron chi connectivity index (χ0n) is 13.4. The Hall–Kier alpha value is -1.51. The first-order valence-electron chi connectivity index (χ1n) is 8.04. The van der Waals surface area contributed by atoms with Crippen LogP contribution < -0.4 is 5.32 Å². The number of hydrogen-bond acceptors (Lipinski definition) is 3. The van der Waals surface area contributed by atoms with Gasteiger partial charge in [0.1, 0.15) is 0 Å². The highest BCUT2D eigenvalue weighted by Crippen LogP contribution is 2.35. The number of anilines is 1. The van der Waals surface area contributed by atoms with Crippen molar-refractivity contribution in [3.05, 3.63) is 29.8 Å². The molecule has 21 heavy (non-hydrogen) atoms. The van der Waals surface area contributed by atoms with E-state index in [-0.39, 0.29) is 5.97 Å². The van der Waals surface area contributed by atoms with E-state index in [4.69, 9.17) is 4.74 Å². The van der Waals surface area contributed by atoms with Crippen LogP contribution in [0.3, 0.4) is 0 Å². The van der Waals surface area contributed by atoms with Crippen LogP contribution in [0.1, 0.15) is 63.2 Å². The Morgan fingerprint density at radius 1 is 1.29 bits per heavy atom. The third-order valence-electron chi connectivity index (χ3n) is 4.36. The van der Waals surface area contributed by atoms with E-state index < -0.39 is 0 Å². The second-order valence-electron chi connectivity index (χ2n) is 6.70. The molecule has 1 unspecified atom stereocenters. The molecule has 3 heteroatoms. The molecule has 116 valence electrons. The Balaban J connectivity index is 2.07. The maximum atomic E-state index is 12.0. The van der Waals surface area contributed by atoms with Crippen LogP contribution in [0.15, 0.2) is 24.3 Å². The lowest BCUT2D eigenvalue weighted by molar-refractivity contribution is 0.0527. The minimum absolute atomic E-state index is 0.241. The monoisotopic (exact) mass is 289 g/mol. The number of hydrogen-bond donors (Lipinski definition) is 1. The van der Waals surface area contributed by atoms with Gasteiger partial charge in [-0.3, -0.25) is 0 Å². The topological polar surface area (TPSA) is 38.3 Å². The predicted molar refractivity (Wildman–Crippen MR) is 86.7 cm³/mol. The molecule has 2 rings (SSSR count). The molecule has 1 N–H and O–H groups in total. The van der Waals surface area contributed by atoms with Gasteiger partial charge in [-0.15, -0.1) is 0 Å². The first kappa shape index (κ1) is 15.9. The fourth-order valence-electron chi connectivity index (χ4n) is 3.02. The minimum Gasteiger partial charge on any atom is -0.462 e. The molecule has 1 saturated carbocycles. The van der Waals surface area contributed by atoms with E-state index >= 15 is 0 Å². The van der Waals surface area contributed by atoms with Crippen molar-refractivity contribution in [3.8, 4) is 0 Å². The van der Waals surface area contributed by atoms with Gasteiger partial charge in [0, 0.05) is 11.7 Å². The zero-order valence-corrected chi connectivity index (χ0v) is 13.4. The van der Waals surface area contributed by atoms with Crippen LogP contribution in [-0.4, -0.2) is 18.6 Å². The van der Waals surface area contributed by atoms with Crippen molar-refractivity contribution in [3.63, 3.8) is 0 Å². The summed E-state index contributed by atoms with van der Waals surface area (Å²) in [5.74, 6) is -0.241. The van der Waals surface area contributed by atoms with Gasteiger partial charge in [-0.2, -0.15) is 0 Å². The zero-order chi connectivity index (χ0) is 15.3. The molecule has 3 nitrogen and oxygen atoms in total. The molecule has 0 heterocycles. The first-order chi connectivity index (χ1) is 10.0. The summed E-state index contributed by atoms with van der Waals surface area (Å²) < 4.78 is 5.14. The highest BCUT2D eigenvalue weighted by atomic mass is 16.5. The molecule has 1 aliphatic rings. The van der Waals surface area contributed by atoms with E-state index in [1.54, 1.807) is 0 Å². The summed E-state index contributed by atoms with van der Waals surface area (Å²) in [5.41, 5.74) is 1.99. The molecular formula is C18H27NO2. The standard InChI is InChI=1S/C18H27NO2/c1-4-21-17(20)15-9-5-6-10-16(15)19-14-8-7-12-18(2,3)13-11-14/h5-6,9-10,14,19H,4,7-8,11-13H2,1-3H3. The molecule has 1 fully saturated rings. The summed E-state index contributed by atoms with van der Waals surface area (Å²) in [6.45, 7) is 6.94. The van der Waals surface area contributed by atoms with E-state index in [1.165, 1.54) is 25.7 Å². The van der Waals surface area contributed by atoms with Crippen LogP contribution in [0.5, 0.6) is 0 Å². The highest BCUT2D eigenvalue weighted by Gasteiger charge is 2.25. The van der Waals surface area contributed by atoms with Gasteiger partial charge < -0.3 is 10.1 Å². The fourth-order valence-corrected chi connectivity index (χ4v) is 3.02. The van der Waals surface area contributed by atoms with Crippen molar-refractivity contribution in [1.29, 1.82) is 0 Å². The number of carbonyl (C=O) groups excluding carboxylic acids is 1. The predicted octanol–water partition coefficient (Wildman–Crippen LogP) is 4.63. The number of benzene rings is 1. The molecular weight excluding hydrogens is 262 g/mol. The van der Waals surface area contributed by atoms with E-state index in [0.29, 0.717) is 23.6 Å². The van der Waals surface area contributed by atoms with E-state index in [0.717, 1.165) is 12.1 Å². The Kier molecular flexibility index (Phi) is 5.27. The number of esters is 1. The van der Waals surface area contributed by atoms with Crippen molar-refractivity contribution in [2.45, 2.75) is 58.9 Å². The number of para-hydroxylation sites is 1. The molecule has 1 aliphatic carbocycles. The lowest BCUT2D eigenvalue weighted by Gasteiger charge is -2.23. The molecule has 0 radical (unpaired) electrons. The summed E-state index contributed by atoms with van der Waals surface area (Å²) in [6, 6.07) is 8.10. The largest absolute Gasteiger partial charge is 0.462 e. The summed E-state index contributed by atoms with van der Waals surface area (Å²) in [4.78, 5) is 12.0. The quantitative estimate of drug-likeness (QED) is 0.648. The molecule has 0 amide bonds. The van der Waals surface area contributed by atoms with Gasteiger partial charge in [0.15, 0.2) is 0 Å². The number of carbonyl (C=O) groups is 1. The molecule has 0 bridgehead atoms. The molecule has 0 aliphatic heterocycles. The first-order valence-corrected chi connectivity index (χ1v) is 8.04. The van der Waals surface area contributed by atoms with Gasteiger partial charge >= 0.3 is 5.97 Å². The maximum absolute atomic E-state index is 12.0.